The van der Waals surface area contributed by atoms with E-state index in [2.05, 4.69) is 5.32 Å². The lowest BCUT2D eigenvalue weighted by molar-refractivity contribution is -0.143. The second-order valence-corrected chi connectivity index (χ2v) is 4.87. The average molecular weight is 322 g/mol. The zero-order chi connectivity index (χ0) is 17.2. The fourth-order valence-corrected chi connectivity index (χ4v) is 1.99. The van der Waals surface area contributed by atoms with Crippen LogP contribution in [0.3, 0.4) is 0 Å². The summed E-state index contributed by atoms with van der Waals surface area (Å²) in [5.74, 6) is -1.60. The summed E-state index contributed by atoms with van der Waals surface area (Å²) in [7, 11) is 0. The van der Waals surface area contributed by atoms with Gasteiger partial charge in [0.1, 0.15) is 12.6 Å². The van der Waals surface area contributed by atoms with Crippen molar-refractivity contribution in [1.29, 1.82) is 0 Å². The maximum absolute atomic E-state index is 12.0. The van der Waals surface area contributed by atoms with Crippen LogP contribution in [0.1, 0.15) is 25.8 Å². The third-order valence-electron chi connectivity index (χ3n) is 3.30. The van der Waals surface area contributed by atoms with Gasteiger partial charge in [-0.1, -0.05) is 30.3 Å². The van der Waals surface area contributed by atoms with E-state index in [1.54, 1.807) is 38.1 Å². The van der Waals surface area contributed by atoms with Gasteiger partial charge in [0, 0.05) is 13.1 Å². The van der Waals surface area contributed by atoms with Gasteiger partial charge < -0.3 is 20.1 Å². The lowest BCUT2D eigenvalue weighted by Crippen LogP contribution is -2.45. The summed E-state index contributed by atoms with van der Waals surface area (Å²) in [5.41, 5.74) is 0.786. The Morgan fingerprint density at radius 1 is 1.17 bits per heavy atom. The van der Waals surface area contributed by atoms with Crippen molar-refractivity contribution in [2.24, 2.45) is 0 Å². The number of rotatable bonds is 8. The molecule has 1 aromatic rings. The first-order valence-corrected chi connectivity index (χ1v) is 7.45. The predicted octanol–water partition coefficient (Wildman–Crippen LogP) is 1.62. The van der Waals surface area contributed by atoms with E-state index in [4.69, 9.17) is 9.84 Å². The smallest absolute Gasteiger partial charge is 0.408 e. The maximum Gasteiger partial charge on any atom is 0.408 e. The van der Waals surface area contributed by atoms with Gasteiger partial charge in [0.05, 0.1) is 6.42 Å². The molecule has 0 aliphatic rings. The molecular weight excluding hydrogens is 300 g/mol. The Balaban J connectivity index is 2.53. The topological polar surface area (TPSA) is 95.9 Å². The minimum Gasteiger partial charge on any atom is -0.480 e. The second kappa shape index (κ2) is 9.45. The molecule has 0 saturated carbocycles. The van der Waals surface area contributed by atoms with Gasteiger partial charge in [0.15, 0.2) is 0 Å². The normalized spacial score (nSPS) is 11.4. The molecule has 0 aromatic heterocycles. The summed E-state index contributed by atoms with van der Waals surface area (Å²) < 4.78 is 4.97. The summed E-state index contributed by atoms with van der Waals surface area (Å²) in [6.07, 6.45) is -1.18. The third kappa shape index (κ3) is 6.37. The highest BCUT2D eigenvalue weighted by Crippen LogP contribution is 2.03. The number of hydrogen-bond donors (Lipinski definition) is 2. The molecular formula is C16H22N2O5. The Morgan fingerprint density at radius 3 is 2.30 bits per heavy atom. The molecule has 2 N–H and O–H groups in total. The zero-order valence-electron chi connectivity index (χ0n) is 13.3. The Bertz CT molecular complexity index is 529. The molecule has 0 bridgehead atoms. The highest BCUT2D eigenvalue weighted by Gasteiger charge is 2.25. The van der Waals surface area contributed by atoms with E-state index in [0.717, 1.165) is 5.56 Å². The van der Waals surface area contributed by atoms with Crippen LogP contribution in [-0.4, -0.2) is 47.1 Å². The molecule has 0 unspecified atom stereocenters. The quantitative estimate of drug-likeness (QED) is 0.758. The Hall–Kier alpha value is -2.57. The fraction of sp³-hybridized carbons (Fsp3) is 0.438. The number of ether oxygens (including phenoxy) is 1. The van der Waals surface area contributed by atoms with Crippen LogP contribution in [0.25, 0.3) is 0 Å². The molecule has 0 spiro atoms. The number of carbonyl (C=O) groups is 3. The van der Waals surface area contributed by atoms with Crippen LogP contribution in [0.2, 0.25) is 0 Å². The van der Waals surface area contributed by atoms with Crippen LogP contribution in [-0.2, 0) is 20.9 Å². The van der Waals surface area contributed by atoms with Crippen molar-refractivity contribution in [2.75, 3.05) is 13.1 Å². The Kier molecular flexibility index (Phi) is 7.59. The number of amides is 2. The molecule has 1 atom stereocenters. The van der Waals surface area contributed by atoms with Gasteiger partial charge in [-0.15, -0.1) is 0 Å². The highest BCUT2D eigenvalue weighted by molar-refractivity contribution is 5.87. The van der Waals surface area contributed by atoms with E-state index in [1.165, 1.54) is 4.90 Å². The molecule has 0 saturated heterocycles. The van der Waals surface area contributed by atoms with E-state index >= 15 is 0 Å². The van der Waals surface area contributed by atoms with Gasteiger partial charge in [0.25, 0.3) is 0 Å². The molecule has 0 fully saturated rings. The van der Waals surface area contributed by atoms with Crippen molar-refractivity contribution in [1.82, 2.24) is 10.2 Å². The number of carboxylic acid groups (broad SMARTS) is 1. The molecule has 23 heavy (non-hydrogen) atoms. The maximum atomic E-state index is 12.0. The first kappa shape index (κ1) is 18.5. The molecule has 7 nitrogen and oxygen atoms in total. The first-order chi connectivity index (χ1) is 11.0. The highest BCUT2D eigenvalue weighted by atomic mass is 16.5. The fourth-order valence-electron chi connectivity index (χ4n) is 1.99. The van der Waals surface area contributed by atoms with Crippen LogP contribution in [0.15, 0.2) is 30.3 Å². The number of nitrogens with zero attached hydrogens (tertiary/aromatic N) is 1. The molecule has 1 aromatic carbocycles. The molecule has 0 aliphatic heterocycles. The third-order valence-corrected chi connectivity index (χ3v) is 3.30. The van der Waals surface area contributed by atoms with Crippen LogP contribution in [0, 0.1) is 0 Å². The van der Waals surface area contributed by atoms with Gasteiger partial charge in [-0.3, -0.25) is 4.79 Å². The van der Waals surface area contributed by atoms with Gasteiger partial charge in [-0.05, 0) is 19.4 Å². The summed E-state index contributed by atoms with van der Waals surface area (Å²) >= 11 is 0. The van der Waals surface area contributed by atoms with Gasteiger partial charge in [-0.25, -0.2) is 9.59 Å². The molecule has 1 rings (SSSR count). The van der Waals surface area contributed by atoms with Gasteiger partial charge in [0.2, 0.25) is 5.91 Å². The minimum atomic E-state index is -1.31. The van der Waals surface area contributed by atoms with Crippen LogP contribution < -0.4 is 5.32 Å². The van der Waals surface area contributed by atoms with Crippen LogP contribution in [0.4, 0.5) is 4.79 Å². The van der Waals surface area contributed by atoms with Crippen LogP contribution in [0.5, 0.6) is 0 Å². The molecule has 0 aliphatic carbocycles. The van der Waals surface area contributed by atoms with E-state index in [-0.39, 0.29) is 18.9 Å². The summed E-state index contributed by atoms with van der Waals surface area (Å²) in [4.78, 5) is 36.4. The molecule has 0 heterocycles. The molecule has 7 heteroatoms. The second-order valence-electron chi connectivity index (χ2n) is 4.87. The summed E-state index contributed by atoms with van der Waals surface area (Å²) in [6.45, 7) is 4.61. The zero-order valence-corrected chi connectivity index (χ0v) is 13.3. The predicted molar refractivity (Wildman–Crippen MR) is 83.7 cm³/mol. The van der Waals surface area contributed by atoms with Crippen molar-refractivity contribution >= 4 is 18.0 Å². The number of carbonyl (C=O) groups excluding carboxylic acids is 2. The summed E-state index contributed by atoms with van der Waals surface area (Å²) in [5, 5.41) is 11.4. The van der Waals surface area contributed by atoms with Crippen molar-refractivity contribution in [3.8, 4) is 0 Å². The van der Waals surface area contributed by atoms with E-state index in [0.29, 0.717) is 13.1 Å². The standard InChI is InChI=1S/C16H22N2O5/c1-3-18(4-2)14(19)10-13(15(20)21)17-16(22)23-11-12-8-6-5-7-9-12/h5-9,13H,3-4,10-11H2,1-2H3,(H,17,22)(H,20,21)/t13-/m1/s1. The number of nitrogens with one attached hydrogen (secondary N) is 1. The number of carboxylic acids is 1. The monoisotopic (exact) mass is 322 g/mol. The van der Waals surface area contributed by atoms with Crippen LogP contribution >= 0.6 is 0 Å². The van der Waals surface area contributed by atoms with E-state index in [9.17, 15) is 14.4 Å². The SMILES string of the molecule is CCN(CC)C(=O)C[C@@H](NC(=O)OCc1ccccc1)C(=O)O. The van der Waals surface area contributed by atoms with Crippen molar-refractivity contribution in [3.05, 3.63) is 35.9 Å². The Labute approximate surface area is 135 Å². The first-order valence-electron chi connectivity index (χ1n) is 7.45. The number of hydrogen-bond acceptors (Lipinski definition) is 4. The van der Waals surface area contributed by atoms with E-state index in [1.807, 2.05) is 6.07 Å². The summed E-state index contributed by atoms with van der Waals surface area (Å²) in [6, 6.07) is 7.70. The number of alkyl carbamates (subject to hydrolysis) is 1. The van der Waals surface area contributed by atoms with Crippen molar-refractivity contribution < 1.29 is 24.2 Å². The minimum absolute atomic E-state index is 0.0308. The molecule has 2 amide bonds. The average Bonchev–Trinajstić information content (AvgIpc) is 2.54. The van der Waals surface area contributed by atoms with E-state index < -0.39 is 18.1 Å². The molecule has 126 valence electrons. The molecule has 0 radical (unpaired) electrons. The van der Waals surface area contributed by atoms with Gasteiger partial charge >= 0.3 is 12.1 Å². The van der Waals surface area contributed by atoms with Crippen molar-refractivity contribution in [3.63, 3.8) is 0 Å². The number of aliphatic carboxylic acids is 1. The van der Waals surface area contributed by atoms with Gasteiger partial charge in [-0.2, -0.15) is 0 Å². The Morgan fingerprint density at radius 2 is 1.78 bits per heavy atom. The lowest BCUT2D eigenvalue weighted by atomic mass is 10.2. The lowest BCUT2D eigenvalue weighted by Gasteiger charge is -2.21. The van der Waals surface area contributed by atoms with Crippen molar-refractivity contribution in [2.45, 2.75) is 32.9 Å². The number of benzene rings is 1. The largest absolute Gasteiger partial charge is 0.480 e.